The number of likely N-dealkylation sites (tertiary alicyclic amines) is 1. The predicted octanol–water partition coefficient (Wildman–Crippen LogP) is 2.13. The zero-order chi connectivity index (χ0) is 15.8. The lowest BCUT2D eigenvalue weighted by atomic mass is 10.0. The van der Waals surface area contributed by atoms with Crippen molar-refractivity contribution in [1.29, 1.82) is 0 Å². The molecule has 1 unspecified atom stereocenters. The number of carbonyl (C=O) groups is 1. The van der Waals surface area contributed by atoms with Gasteiger partial charge in [0.25, 0.3) is 0 Å². The van der Waals surface area contributed by atoms with Crippen molar-refractivity contribution >= 4 is 5.91 Å². The Labute approximate surface area is 137 Å². The van der Waals surface area contributed by atoms with E-state index < -0.39 is 0 Å². The molecule has 1 saturated carbocycles. The molecule has 124 valence electrons. The second-order valence-corrected chi connectivity index (χ2v) is 6.96. The van der Waals surface area contributed by atoms with Crippen LogP contribution in [-0.2, 0) is 20.7 Å². The molecule has 1 aliphatic carbocycles. The standard InChI is InChI=1S/C19H25NO3/c1-2-23-17-8-9-20(16(17)10-13-6-4-3-5-7-13)19(21)18-14-11-22-12-15(14)18/h3-7,14-18H,2,8-12H2,1H3/t14-,15+,16-,17-,18?/m0/s1. The van der Waals surface area contributed by atoms with Crippen LogP contribution in [0.1, 0.15) is 18.9 Å². The van der Waals surface area contributed by atoms with Crippen LogP contribution in [-0.4, -0.2) is 49.3 Å². The van der Waals surface area contributed by atoms with Crippen LogP contribution in [0.15, 0.2) is 30.3 Å². The average Bonchev–Trinajstić information content (AvgIpc) is 2.89. The first kappa shape index (κ1) is 15.2. The first-order valence-electron chi connectivity index (χ1n) is 8.83. The van der Waals surface area contributed by atoms with Gasteiger partial charge < -0.3 is 14.4 Å². The Morgan fingerprint density at radius 3 is 2.70 bits per heavy atom. The normalized spacial score (nSPS) is 35.3. The minimum Gasteiger partial charge on any atom is -0.381 e. The lowest BCUT2D eigenvalue weighted by Gasteiger charge is -2.29. The molecule has 2 heterocycles. The van der Waals surface area contributed by atoms with Crippen LogP contribution in [0.3, 0.4) is 0 Å². The highest BCUT2D eigenvalue weighted by molar-refractivity contribution is 5.83. The van der Waals surface area contributed by atoms with E-state index in [1.54, 1.807) is 0 Å². The number of hydrogen-bond donors (Lipinski definition) is 0. The summed E-state index contributed by atoms with van der Waals surface area (Å²) >= 11 is 0. The maximum Gasteiger partial charge on any atom is 0.226 e. The van der Waals surface area contributed by atoms with Gasteiger partial charge in [-0.25, -0.2) is 0 Å². The molecule has 0 radical (unpaired) electrons. The van der Waals surface area contributed by atoms with E-state index in [9.17, 15) is 4.79 Å². The number of nitrogens with zero attached hydrogens (tertiary/aromatic N) is 1. The van der Waals surface area contributed by atoms with Crippen molar-refractivity contribution in [3.05, 3.63) is 35.9 Å². The van der Waals surface area contributed by atoms with Crippen molar-refractivity contribution in [3.8, 4) is 0 Å². The van der Waals surface area contributed by atoms with Crippen molar-refractivity contribution < 1.29 is 14.3 Å². The monoisotopic (exact) mass is 315 g/mol. The summed E-state index contributed by atoms with van der Waals surface area (Å²) in [5, 5.41) is 0. The lowest BCUT2D eigenvalue weighted by molar-refractivity contribution is -0.136. The van der Waals surface area contributed by atoms with Gasteiger partial charge in [-0.1, -0.05) is 30.3 Å². The molecule has 0 aromatic heterocycles. The summed E-state index contributed by atoms with van der Waals surface area (Å²) in [6.45, 7) is 5.12. The first-order chi connectivity index (χ1) is 11.3. The quantitative estimate of drug-likeness (QED) is 0.835. The van der Waals surface area contributed by atoms with Crippen LogP contribution < -0.4 is 0 Å². The molecule has 3 fully saturated rings. The van der Waals surface area contributed by atoms with Crippen LogP contribution >= 0.6 is 0 Å². The van der Waals surface area contributed by atoms with Gasteiger partial charge in [-0.05, 0) is 37.2 Å². The fraction of sp³-hybridized carbons (Fsp3) is 0.632. The van der Waals surface area contributed by atoms with E-state index in [0.29, 0.717) is 24.3 Å². The Morgan fingerprint density at radius 2 is 2.00 bits per heavy atom. The molecule has 1 aromatic rings. The van der Waals surface area contributed by atoms with Gasteiger partial charge in [0.15, 0.2) is 0 Å². The van der Waals surface area contributed by atoms with Crippen molar-refractivity contribution in [2.45, 2.75) is 31.9 Å². The van der Waals surface area contributed by atoms with Crippen LogP contribution in [0.25, 0.3) is 0 Å². The van der Waals surface area contributed by atoms with Crippen molar-refractivity contribution in [2.24, 2.45) is 17.8 Å². The SMILES string of the molecule is CCO[C@H]1CCN(C(=O)C2[C@H]3COC[C@@H]23)[C@H]1Cc1ccccc1. The molecule has 23 heavy (non-hydrogen) atoms. The van der Waals surface area contributed by atoms with Crippen LogP contribution in [0, 0.1) is 17.8 Å². The summed E-state index contributed by atoms with van der Waals surface area (Å²) in [7, 11) is 0. The Balaban J connectivity index is 1.49. The molecule has 2 saturated heterocycles. The molecule has 0 N–H and O–H groups in total. The number of fused-ring (bicyclic) bond motifs is 1. The summed E-state index contributed by atoms with van der Waals surface area (Å²) in [6, 6.07) is 10.6. The van der Waals surface area contributed by atoms with Gasteiger partial charge in [0.2, 0.25) is 5.91 Å². The van der Waals surface area contributed by atoms with E-state index in [2.05, 4.69) is 29.2 Å². The third kappa shape index (κ3) is 2.79. The Kier molecular flexibility index (Phi) is 4.12. The van der Waals surface area contributed by atoms with E-state index in [0.717, 1.165) is 32.6 Å². The average molecular weight is 315 g/mol. The second-order valence-electron chi connectivity index (χ2n) is 6.96. The smallest absolute Gasteiger partial charge is 0.226 e. The lowest BCUT2D eigenvalue weighted by Crippen LogP contribution is -2.43. The molecule has 2 aliphatic heterocycles. The molecule has 0 bridgehead atoms. The van der Waals surface area contributed by atoms with Crippen LogP contribution in [0.5, 0.6) is 0 Å². The third-order valence-corrected chi connectivity index (χ3v) is 5.67. The van der Waals surface area contributed by atoms with E-state index in [-0.39, 0.29) is 18.1 Å². The highest BCUT2D eigenvalue weighted by Gasteiger charge is 2.60. The topological polar surface area (TPSA) is 38.8 Å². The largest absolute Gasteiger partial charge is 0.381 e. The van der Waals surface area contributed by atoms with Gasteiger partial charge in [-0.2, -0.15) is 0 Å². The van der Waals surface area contributed by atoms with Crippen LogP contribution in [0.2, 0.25) is 0 Å². The summed E-state index contributed by atoms with van der Waals surface area (Å²) in [6.07, 6.45) is 2.00. The Bertz CT molecular complexity index is 551. The van der Waals surface area contributed by atoms with Gasteiger partial charge in [-0.15, -0.1) is 0 Å². The molecule has 1 amide bonds. The summed E-state index contributed by atoms with van der Waals surface area (Å²) in [4.78, 5) is 15.1. The highest BCUT2D eigenvalue weighted by atomic mass is 16.5. The first-order valence-corrected chi connectivity index (χ1v) is 8.83. The summed E-state index contributed by atoms with van der Waals surface area (Å²) < 4.78 is 11.4. The van der Waals surface area contributed by atoms with E-state index in [4.69, 9.17) is 9.47 Å². The van der Waals surface area contributed by atoms with Gasteiger partial charge in [0, 0.05) is 19.1 Å². The predicted molar refractivity (Wildman–Crippen MR) is 87.0 cm³/mol. The molecular formula is C19H25NO3. The number of amides is 1. The maximum absolute atomic E-state index is 13.0. The highest BCUT2D eigenvalue weighted by Crippen LogP contribution is 2.52. The Hall–Kier alpha value is -1.39. The summed E-state index contributed by atoms with van der Waals surface area (Å²) in [5.41, 5.74) is 1.28. The minimum atomic E-state index is 0.166. The molecule has 1 aromatic carbocycles. The summed E-state index contributed by atoms with van der Waals surface area (Å²) in [5.74, 6) is 1.51. The number of benzene rings is 1. The number of carbonyl (C=O) groups excluding carboxylic acids is 1. The van der Waals surface area contributed by atoms with E-state index in [1.807, 2.05) is 13.0 Å². The van der Waals surface area contributed by atoms with Gasteiger partial charge in [0.05, 0.1) is 25.4 Å². The molecule has 4 heteroatoms. The molecule has 3 aliphatic rings. The number of ether oxygens (including phenoxy) is 2. The van der Waals surface area contributed by atoms with Crippen molar-refractivity contribution in [1.82, 2.24) is 4.90 Å². The maximum atomic E-state index is 13.0. The number of rotatable bonds is 5. The van der Waals surface area contributed by atoms with E-state index >= 15 is 0 Å². The fourth-order valence-corrected chi connectivity index (χ4v) is 4.40. The molecule has 4 nitrogen and oxygen atoms in total. The van der Waals surface area contributed by atoms with E-state index in [1.165, 1.54) is 5.56 Å². The number of hydrogen-bond acceptors (Lipinski definition) is 3. The molecule has 5 atom stereocenters. The Morgan fingerprint density at radius 1 is 1.26 bits per heavy atom. The van der Waals surface area contributed by atoms with Crippen molar-refractivity contribution in [3.63, 3.8) is 0 Å². The minimum absolute atomic E-state index is 0.166. The fourth-order valence-electron chi connectivity index (χ4n) is 4.40. The van der Waals surface area contributed by atoms with Gasteiger partial charge in [0.1, 0.15) is 0 Å². The van der Waals surface area contributed by atoms with Gasteiger partial charge >= 0.3 is 0 Å². The molecule has 4 rings (SSSR count). The van der Waals surface area contributed by atoms with Crippen LogP contribution in [0.4, 0.5) is 0 Å². The second kappa shape index (κ2) is 6.25. The molecule has 0 spiro atoms. The third-order valence-electron chi connectivity index (χ3n) is 5.67. The molecular weight excluding hydrogens is 290 g/mol. The van der Waals surface area contributed by atoms with Gasteiger partial charge in [-0.3, -0.25) is 4.79 Å². The van der Waals surface area contributed by atoms with Crippen molar-refractivity contribution in [2.75, 3.05) is 26.4 Å². The zero-order valence-corrected chi connectivity index (χ0v) is 13.7. The zero-order valence-electron chi connectivity index (χ0n) is 13.7.